The van der Waals surface area contributed by atoms with Gasteiger partial charge in [-0.2, -0.15) is 0 Å². The van der Waals surface area contributed by atoms with E-state index in [0.29, 0.717) is 24.4 Å². The molecule has 6 nitrogen and oxygen atoms in total. The molecule has 1 aliphatic heterocycles. The number of morpholine rings is 1. The van der Waals surface area contributed by atoms with Gasteiger partial charge in [-0.3, -0.25) is 9.59 Å². The van der Waals surface area contributed by atoms with Crippen LogP contribution < -0.4 is 5.32 Å². The van der Waals surface area contributed by atoms with Crippen LogP contribution in [0.5, 0.6) is 0 Å². The SMILES string of the molecule is C=CC(=O)Nc1cccc(C(=O)N2CC3(CCCC3)OCC2CN(C)C)c1. The predicted octanol–water partition coefficient (Wildman–Crippen LogP) is 2.53. The Kier molecular flexibility index (Phi) is 5.97. The van der Waals surface area contributed by atoms with Gasteiger partial charge < -0.3 is 19.9 Å². The minimum Gasteiger partial charge on any atom is -0.371 e. The van der Waals surface area contributed by atoms with Crippen molar-refractivity contribution in [2.45, 2.75) is 37.3 Å². The number of benzene rings is 1. The molecule has 6 heteroatoms. The number of ether oxygens (including phenoxy) is 1. The molecule has 1 saturated heterocycles. The molecule has 1 spiro atoms. The van der Waals surface area contributed by atoms with Gasteiger partial charge in [-0.05, 0) is 51.2 Å². The first-order valence-corrected chi connectivity index (χ1v) is 9.56. The van der Waals surface area contributed by atoms with Crippen molar-refractivity contribution >= 4 is 17.5 Å². The minimum absolute atomic E-state index is 0.00822. The van der Waals surface area contributed by atoms with Crippen LogP contribution in [0.3, 0.4) is 0 Å². The number of nitrogens with zero attached hydrogens (tertiary/aromatic N) is 2. The molecule has 1 saturated carbocycles. The molecule has 27 heavy (non-hydrogen) atoms. The number of amides is 2. The van der Waals surface area contributed by atoms with Crippen LogP contribution in [0.1, 0.15) is 36.0 Å². The topological polar surface area (TPSA) is 61.9 Å². The van der Waals surface area contributed by atoms with Crippen LogP contribution >= 0.6 is 0 Å². The van der Waals surface area contributed by atoms with E-state index in [4.69, 9.17) is 4.74 Å². The van der Waals surface area contributed by atoms with Gasteiger partial charge in [-0.25, -0.2) is 0 Å². The Morgan fingerprint density at radius 1 is 1.37 bits per heavy atom. The standard InChI is InChI=1S/C21H29N3O3/c1-4-19(25)22-17-9-7-8-16(12-17)20(26)24-15-21(10-5-6-11-21)27-14-18(24)13-23(2)3/h4,7-9,12,18H,1,5-6,10-11,13-15H2,2-3H3,(H,22,25). The van der Waals surface area contributed by atoms with Crippen LogP contribution in [0.4, 0.5) is 5.69 Å². The summed E-state index contributed by atoms with van der Waals surface area (Å²) in [5, 5.41) is 2.72. The summed E-state index contributed by atoms with van der Waals surface area (Å²) in [6.07, 6.45) is 5.56. The molecule has 1 atom stereocenters. The summed E-state index contributed by atoms with van der Waals surface area (Å²) in [5.41, 5.74) is 0.988. The Labute approximate surface area is 161 Å². The summed E-state index contributed by atoms with van der Waals surface area (Å²) in [7, 11) is 4.02. The van der Waals surface area contributed by atoms with Crippen molar-refractivity contribution < 1.29 is 14.3 Å². The van der Waals surface area contributed by atoms with Crippen LogP contribution in [-0.4, -0.2) is 67.0 Å². The van der Waals surface area contributed by atoms with Gasteiger partial charge in [0.05, 0.1) is 24.8 Å². The number of nitrogens with one attached hydrogen (secondary N) is 1. The largest absolute Gasteiger partial charge is 0.371 e. The van der Waals surface area contributed by atoms with E-state index < -0.39 is 0 Å². The summed E-state index contributed by atoms with van der Waals surface area (Å²) >= 11 is 0. The molecular formula is C21H29N3O3. The van der Waals surface area contributed by atoms with Gasteiger partial charge >= 0.3 is 0 Å². The Hall–Kier alpha value is -2.18. The zero-order valence-corrected chi connectivity index (χ0v) is 16.2. The average Bonchev–Trinajstić information content (AvgIpc) is 3.10. The van der Waals surface area contributed by atoms with E-state index in [2.05, 4.69) is 16.8 Å². The summed E-state index contributed by atoms with van der Waals surface area (Å²) in [5.74, 6) is -0.299. The van der Waals surface area contributed by atoms with E-state index in [0.717, 1.165) is 32.2 Å². The Balaban J connectivity index is 1.83. The smallest absolute Gasteiger partial charge is 0.254 e. The molecule has 1 heterocycles. The monoisotopic (exact) mass is 371 g/mol. The van der Waals surface area contributed by atoms with Crippen molar-refractivity contribution in [1.29, 1.82) is 0 Å². The zero-order valence-electron chi connectivity index (χ0n) is 16.2. The lowest BCUT2D eigenvalue weighted by atomic mass is 9.96. The van der Waals surface area contributed by atoms with Crippen molar-refractivity contribution in [3.63, 3.8) is 0 Å². The molecule has 0 radical (unpaired) electrons. The van der Waals surface area contributed by atoms with Crippen LogP contribution in [0.25, 0.3) is 0 Å². The summed E-state index contributed by atoms with van der Waals surface area (Å²) in [4.78, 5) is 29.0. The molecule has 2 amide bonds. The quantitative estimate of drug-likeness (QED) is 0.808. The number of hydrogen-bond donors (Lipinski definition) is 1. The fourth-order valence-electron chi connectivity index (χ4n) is 4.07. The second-order valence-electron chi connectivity index (χ2n) is 7.82. The second kappa shape index (κ2) is 8.23. The molecule has 3 rings (SSSR count). The lowest BCUT2D eigenvalue weighted by Crippen LogP contribution is -2.59. The van der Waals surface area contributed by atoms with E-state index in [9.17, 15) is 9.59 Å². The molecule has 2 fully saturated rings. The first-order chi connectivity index (χ1) is 12.9. The predicted molar refractivity (Wildman–Crippen MR) is 106 cm³/mol. The van der Waals surface area contributed by atoms with Crippen molar-refractivity contribution in [3.8, 4) is 0 Å². The van der Waals surface area contributed by atoms with Gasteiger partial charge in [0, 0.05) is 17.8 Å². The molecule has 1 N–H and O–H groups in total. The van der Waals surface area contributed by atoms with Crippen molar-refractivity contribution in [2.75, 3.05) is 39.1 Å². The minimum atomic E-state index is -0.290. The third-order valence-corrected chi connectivity index (χ3v) is 5.40. The summed E-state index contributed by atoms with van der Waals surface area (Å²) in [6, 6.07) is 7.11. The van der Waals surface area contributed by atoms with Crippen molar-refractivity contribution in [1.82, 2.24) is 9.80 Å². The molecule has 0 bridgehead atoms. The highest BCUT2D eigenvalue weighted by Crippen LogP contribution is 2.37. The third kappa shape index (κ3) is 4.57. The number of carbonyl (C=O) groups is 2. The van der Waals surface area contributed by atoms with Gasteiger partial charge in [-0.15, -0.1) is 0 Å². The maximum absolute atomic E-state index is 13.4. The van der Waals surface area contributed by atoms with Crippen molar-refractivity contribution in [3.05, 3.63) is 42.5 Å². The summed E-state index contributed by atoms with van der Waals surface area (Å²) < 4.78 is 6.26. The van der Waals surface area contributed by atoms with Crippen molar-refractivity contribution in [2.24, 2.45) is 0 Å². The number of rotatable bonds is 5. The number of hydrogen-bond acceptors (Lipinski definition) is 4. The third-order valence-electron chi connectivity index (χ3n) is 5.40. The van der Waals surface area contributed by atoms with E-state index in [-0.39, 0.29) is 23.5 Å². The Morgan fingerprint density at radius 2 is 2.11 bits per heavy atom. The molecule has 1 unspecified atom stereocenters. The highest BCUT2D eigenvalue weighted by atomic mass is 16.5. The van der Waals surface area contributed by atoms with Gasteiger partial charge in [0.25, 0.3) is 5.91 Å². The first kappa shape index (κ1) is 19.6. The zero-order chi connectivity index (χ0) is 19.4. The average molecular weight is 371 g/mol. The molecule has 1 aromatic carbocycles. The second-order valence-corrected chi connectivity index (χ2v) is 7.82. The Morgan fingerprint density at radius 3 is 2.78 bits per heavy atom. The van der Waals surface area contributed by atoms with Gasteiger partial charge in [0.15, 0.2) is 0 Å². The van der Waals surface area contributed by atoms with Crippen LogP contribution in [-0.2, 0) is 9.53 Å². The maximum Gasteiger partial charge on any atom is 0.254 e. The first-order valence-electron chi connectivity index (χ1n) is 9.56. The highest BCUT2D eigenvalue weighted by Gasteiger charge is 2.44. The molecule has 1 aliphatic carbocycles. The number of anilines is 1. The van der Waals surface area contributed by atoms with Gasteiger partial charge in [-0.1, -0.05) is 25.5 Å². The lowest BCUT2D eigenvalue weighted by molar-refractivity contribution is -0.121. The van der Waals surface area contributed by atoms with Crippen LogP contribution in [0.2, 0.25) is 0 Å². The molecule has 1 aromatic rings. The maximum atomic E-state index is 13.4. The fraction of sp³-hybridized carbons (Fsp3) is 0.524. The van der Waals surface area contributed by atoms with Gasteiger partial charge in [0.1, 0.15) is 0 Å². The molecule has 2 aliphatic rings. The van der Waals surface area contributed by atoms with E-state index in [1.165, 1.54) is 6.08 Å². The highest BCUT2D eigenvalue weighted by molar-refractivity contribution is 6.00. The van der Waals surface area contributed by atoms with E-state index >= 15 is 0 Å². The lowest BCUT2D eigenvalue weighted by Gasteiger charge is -2.46. The van der Waals surface area contributed by atoms with E-state index in [1.54, 1.807) is 24.3 Å². The van der Waals surface area contributed by atoms with Gasteiger partial charge in [0.2, 0.25) is 5.91 Å². The molecular weight excluding hydrogens is 342 g/mol. The fourth-order valence-corrected chi connectivity index (χ4v) is 4.07. The van der Waals surface area contributed by atoms with Crippen LogP contribution in [0.15, 0.2) is 36.9 Å². The number of carbonyl (C=O) groups excluding carboxylic acids is 2. The van der Waals surface area contributed by atoms with E-state index in [1.807, 2.05) is 19.0 Å². The van der Waals surface area contributed by atoms with Crippen LogP contribution in [0, 0.1) is 0 Å². The molecule has 146 valence electrons. The Bertz CT molecular complexity index is 710. The normalized spacial score (nSPS) is 21.4. The molecule has 0 aromatic heterocycles. The number of likely N-dealkylation sites (N-methyl/N-ethyl adjacent to an activating group) is 1. The summed E-state index contributed by atoms with van der Waals surface area (Å²) in [6.45, 7) is 5.42.